The first-order valence-corrected chi connectivity index (χ1v) is 9.70. The van der Waals surface area contributed by atoms with Crippen molar-refractivity contribution in [1.29, 1.82) is 5.26 Å². The van der Waals surface area contributed by atoms with Crippen molar-refractivity contribution in [2.75, 3.05) is 7.11 Å². The zero-order valence-electron chi connectivity index (χ0n) is 18.6. The van der Waals surface area contributed by atoms with E-state index in [1.54, 1.807) is 20.8 Å². The summed E-state index contributed by atoms with van der Waals surface area (Å²) in [5, 5.41) is 23.5. The van der Waals surface area contributed by atoms with E-state index < -0.39 is 39.6 Å². The van der Waals surface area contributed by atoms with E-state index in [0.29, 0.717) is 0 Å². The van der Waals surface area contributed by atoms with Gasteiger partial charge in [0.25, 0.3) is 11.6 Å². The van der Waals surface area contributed by atoms with Crippen LogP contribution in [0.4, 0.5) is 18.9 Å². The van der Waals surface area contributed by atoms with Crippen molar-refractivity contribution >= 4 is 23.1 Å². The van der Waals surface area contributed by atoms with Crippen molar-refractivity contribution in [1.82, 2.24) is 5.32 Å². The first-order chi connectivity index (χ1) is 15.7. The summed E-state index contributed by atoms with van der Waals surface area (Å²) in [4.78, 5) is 35.3. The highest BCUT2D eigenvalue weighted by atomic mass is 19.4. The van der Waals surface area contributed by atoms with Crippen LogP contribution in [0.15, 0.2) is 48.2 Å². The number of alkyl halides is 3. The average Bonchev–Trinajstić information content (AvgIpc) is 2.76. The second-order valence-corrected chi connectivity index (χ2v) is 8.16. The topological polar surface area (TPSA) is 122 Å². The Labute approximate surface area is 192 Å². The van der Waals surface area contributed by atoms with Crippen molar-refractivity contribution in [2.24, 2.45) is 5.41 Å². The molecule has 1 amide bonds. The maximum absolute atomic E-state index is 13.2. The molecule has 0 bridgehead atoms. The number of allylic oxidation sites excluding steroid dienone is 2. The molecule has 0 aliphatic heterocycles. The molecule has 0 aromatic heterocycles. The number of nitrogens with one attached hydrogen (secondary N) is 1. The van der Waals surface area contributed by atoms with Gasteiger partial charge in [-0.2, -0.15) is 18.4 Å². The zero-order valence-corrected chi connectivity index (χ0v) is 18.6. The van der Waals surface area contributed by atoms with Gasteiger partial charge in [0.05, 0.1) is 28.7 Å². The fourth-order valence-electron chi connectivity index (χ4n) is 3.01. The molecule has 11 heteroatoms. The summed E-state index contributed by atoms with van der Waals surface area (Å²) in [6.07, 6.45) is -4.64. The van der Waals surface area contributed by atoms with Crippen LogP contribution in [0.5, 0.6) is 0 Å². The van der Waals surface area contributed by atoms with E-state index >= 15 is 0 Å². The van der Waals surface area contributed by atoms with Crippen LogP contribution in [0.3, 0.4) is 0 Å². The molecule has 34 heavy (non-hydrogen) atoms. The van der Waals surface area contributed by atoms with Crippen LogP contribution in [-0.4, -0.2) is 23.9 Å². The quantitative estimate of drug-likeness (QED) is 0.277. The Kier molecular flexibility index (Phi) is 7.47. The van der Waals surface area contributed by atoms with Gasteiger partial charge in [0, 0.05) is 28.8 Å². The number of carbonyl (C=O) groups is 2. The monoisotopic (exact) mass is 475 g/mol. The molecular weight excluding hydrogens is 455 g/mol. The number of carbonyl (C=O) groups excluding carboxylic acids is 2. The molecule has 8 nitrogen and oxygen atoms in total. The highest BCUT2D eigenvalue weighted by Crippen LogP contribution is 2.34. The number of ether oxygens (including phenoxy) is 1. The average molecular weight is 475 g/mol. The van der Waals surface area contributed by atoms with Crippen LogP contribution in [0.1, 0.15) is 52.6 Å². The summed E-state index contributed by atoms with van der Waals surface area (Å²) < 4.78 is 44.1. The molecule has 0 aliphatic rings. The number of amides is 1. The molecular formula is C23H20F3N3O5. The number of non-ortho nitro benzene ring substituents is 1. The summed E-state index contributed by atoms with van der Waals surface area (Å²) in [7, 11) is 1.07. The van der Waals surface area contributed by atoms with Crippen molar-refractivity contribution in [3.05, 3.63) is 80.5 Å². The van der Waals surface area contributed by atoms with Crippen molar-refractivity contribution in [3.8, 4) is 6.07 Å². The zero-order chi connectivity index (χ0) is 25.8. The number of hydrogen-bond donors (Lipinski definition) is 1. The van der Waals surface area contributed by atoms with Crippen molar-refractivity contribution in [3.63, 3.8) is 0 Å². The van der Waals surface area contributed by atoms with Crippen molar-refractivity contribution in [2.45, 2.75) is 26.9 Å². The predicted molar refractivity (Wildman–Crippen MR) is 115 cm³/mol. The number of nitrogens with zero attached hydrogens (tertiary/aromatic N) is 2. The maximum atomic E-state index is 13.2. The first kappa shape index (κ1) is 26.1. The lowest BCUT2D eigenvalue weighted by atomic mass is 9.86. The maximum Gasteiger partial charge on any atom is 0.416 e. The molecule has 0 radical (unpaired) electrons. The largest absolute Gasteiger partial charge is 0.465 e. The van der Waals surface area contributed by atoms with Gasteiger partial charge in [-0.3, -0.25) is 14.9 Å². The van der Waals surface area contributed by atoms with Gasteiger partial charge in [0.1, 0.15) is 6.07 Å². The van der Waals surface area contributed by atoms with Crippen LogP contribution in [-0.2, 0) is 10.9 Å². The Morgan fingerprint density at radius 1 is 1.06 bits per heavy atom. The number of nitriles is 1. The Bertz CT molecular complexity index is 1220. The van der Waals surface area contributed by atoms with E-state index in [2.05, 4.69) is 10.1 Å². The molecule has 1 N–H and O–H groups in total. The minimum atomic E-state index is -4.64. The number of nitro benzene ring substituents is 1. The fourth-order valence-corrected chi connectivity index (χ4v) is 3.01. The van der Waals surface area contributed by atoms with Gasteiger partial charge >= 0.3 is 12.1 Å². The lowest BCUT2D eigenvalue weighted by Gasteiger charge is -2.26. The van der Waals surface area contributed by atoms with E-state index in [1.807, 2.05) is 6.07 Å². The summed E-state index contributed by atoms with van der Waals surface area (Å²) in [5.41, 5.74) is -3.28. The summed E-state index contributed by atoms with van der Waals surface area (Å²) in [6.45, 7) is 4.88. The number of benzene rings is 2. The van der Waals surface area contributed by atoms with Crippen LogP contribution in [0.25, 0.3) is 5.57 Å². The number of rotatable bonds is 5. The van der Waals surface area contributed by atoms with E-state index in [9.17, 15) is 38.1 Å². The number of nitro groups is 1. The fraction of sp³-hybridized carbons (Fsp3) is 0.261. The van der Waals surface area contributed by atoms with Gasteiger partial charge in [0.15, 0.2) is 0 Å². The second-order valence-electron chi connectivity index (χ2n) is 8.16. The van der Waals surface area contributed by atoms with Gasteiger partial charge in [0.2, 0.25) is 0 Å². The number of hydrogen-bond acceptors (Lipinski definition) is 6. The molecule has 0 atom stereocenters. The van der Waals surface area contributed by atoms with Crippen LogP contribution >= 0.6 is 0 Å². The van der Waals surface area contributed by atoms with Crippen LogP contribution < -0.4 is 5.32 Å². The Morgan fingerprint density at radius 2 is 1.68 bits per heavy atom. The minimum Gasteiger partial charge on any atom is -0.465 e. The van der Waals surface area contributed by atoms with E-state index in [0.717, 1.165) is 43.5 Å². The van der Waals surface area contributed by atoms with E-state index in [-0.39, 0.29) is 28.0 Å². The van der Waals surface area contributed by atoms with Gasteiger partial charge in [-0.05, 0) is 23.8 Å². The third-order valence-electron chi connectivity index (χ3n) is 4.64. The highest BCUT2D eigenvalue weighted by Gasteiger charge is 2.32. The summed E-state index contributed by atoms with van der Waals surface area (Å²) in [6, 6.07) is 8.87. The SMILES string of the molecule is COC(=O)c1cc(C(=O)N/C(=C(/C#N)c2cccc(C(F)(F)F)c2)C(C)(C)C)cc([N+](=O)[O-])c1. The molecule has 0 saturated carbocycles. The molecule has 2 aromatic rings. The molecule has 0 heterocycles. The van der Waals surface area contributed by atoms with Gasteiger partial charge in [-0.1, -0.05) is 32.9 Å². The smallest absolute Gasteiger partial charge is 0.416 e. The molecule has 2 aromatic carbocycles. The Hall–Kier alpha value is -4.20. The number of esters is 1. The van der Waals surface area contributed by atoms with Gasteiger partial charge < -0.3 is 10.1 Å². The normalized spacial score (nSPS) is 12.3. The Balaban J connectivity index is 2.65. The predicted octanol–water partition coefficient (Wildman–Crippen LogP) is 5.11. The van der Waals surface area contributed by atoms with Crippen molar-refractivity contribution < 1.29 is 32.4 Å². The molecule has 178 valence electrons. The lowest BCUT2D eigenvalue weighted by molar-refractivity contribution is -0.384. The lowest BCUT2D eigenvalue weighted by Crippen LogP contribution is -2.31. The minimum absolute atomic E-state index is 0.00884. The molecule has 0 fully saturated rings. The van der Waals surface area contributed by atoms with Crippen LogP contribution in [0.2, 0.25) is 0 Å². The first-order valence-electron chi connectivity index (χ1n) is 9.70. The molecule has 0 spiro atoms. The highest BCUT2D eigenvalue weighted by molar-refractivity contribution is 6.00. The molecule has 0 aliphatic carbocycles. The third-order valence-corrected chi connectivity index (χ3v) is 4.64. The van der Waals surface area contributed by atoms with E-state index in [1.165, 1.54) is 6.07 Å². The van der Waals surface area contributed by atoms with Crippen LogP contribution in [0, 0.1) is 26.9 Å². The second kappa shape index (κ2) is 9.74. The summed E-state index contributed by atoms with van der Waals surface area (Å²) in [5.74, 6) is -1.82. The Morgan fingerprint density at radius 3 is 2.18 bits per heavy atom. The molecule has 2 rings (SSSR count). The number of methoxy groups -OCH3 is 1. The number of halogens is 3. The molecule has 0 unspecified atom stereocenters. The van der Waals surface area contributed by atoms with E-state index in [4.69, 9.17) is 0 Å². The summed E-state index contributed by atoms with van der Waals surface area (Å²) >= 11 is 0. The third kappa shape index (κ3) is 5.98. The standard InChI is InChI=1S/C23H20F3N3O5/c1-22(2,3)19(18(12-27)13-6-5-7-16(9-13)23(24,25)26)28-20(30)14-8-15(21(31)34-4)11-17(10-14)29(32)33/h5-11H,1-4H3,(H,28,30)/b19-18-. The van der Waals surface area contributed by atoms with Gasteiger partial charge in [-0.15, -0.1) is 0 Å². The molecule has 0 saturated heterocycles. The van der Waals surface area contributed by atoms with Gasteiger partial charge in [-0.25, -0.2) is 4.79 Å².